The summed E-state index contributed by atoms with van der Waals surface area (Å²) in [5, 5.41) is 3.20. The molecule has 0 atom stereocenters. The number of rotatable bonds is 8. The van der Waals surface area contributed by atoms with E-state index in [0.717, 1.165) is 19.3 Å². The summed E-state index contributed by atoms with van der Waals surface area (Å²) in [5.41, 5.74) is 0.182. The standard InChI is InChI=1S/C22H25N3O4/c1-3-4-9-14-24-21(27)16-10-5-7-12-18(16)25(22(24)28)15-20(26)23-17-11-6-8-13-19(17)29-2/h5-8,10-13H,3-4,9,14-15H2,1-2H3,(H,23,26). The van der Waals surface area contributed by atoms with Crippen molar-refractivity contribution in [1.29, 1.82) is 0 Å². The Kier molecular flexibility index (Phi) is 6.49. The van der Waals surface area contributed by atoms with Gasteiger partial charge in [0.1, 0.15) is 12.3 Å². The number of hydrogen-bond donors (Lipinski definition) is 1. The fourth-order valence-corrected chi connectivity index (χ4v) is 3.32. The van der Waals surface area contributed by atoms with Crippen LogP contribution in [-0.2, 0) is 17.9 Å². The summed E-state index contributed by atoms with van der Waals surface area (Å²) >= 11 is 0. The maximum atomic E-state index is 13.0. The fraction of sp³-hybridized carbons (Fsp3) is 0.318. The van der Waals surface area contributed by atoms with Crippen molar-refractivity contribution in [3.63, 3.8) is 0 Å². The van der Waals surface area contributed by atoms with Gasteiger partial charge in [-0.3, -0.25) is 18.7 Å². The smallest absolute Gasteiger partial charge is 0.331 e. The van der Waals surface area contributed by atoms with Crippen LogP contribution in [-0.4, -0.2) is 22.2 Å². The van der Waals surface area contributed by atoms with E-state index in [1.165, 1.54) is 16.2 Å². The molecule has 0 aliphatic heterocycles. The third kappa shape index (κ3) is 4.39. The largest absolute Gasteiger partial charge is 0.495 e. The van der Waals surface area contributed by atoms with Crippen LogP contribution in [0, 0.1) is 0 Å². The molecule has 0 radical (unpaired) electrons. The first-order valence-electron chi connectivity index (χ1n) is 9.72. The lowest BCUT2D eigenvalue weighted by Crippen LogP contribution is -2.41. The highest BCUT2D eigenvalue weighted by atomic mass is 16.5. The summed E-state index contributed by atoms with van der Waals surface area (Å²) in [5.74, 6) is 0.156. The Morgan fingerprint density at radius 3 is 2.48 bits per heavy atom. The minimum atomic E-state index is -0.472. The molecule has 0 spiro atoms. The highest BCUT2D eigenvalue weighted by molar-refractivity contribution is 5.93. The third-order valence-corrected chi connectivity index (χ3v) is 4.80. The number of carbonyl (C=O) groups excluding carboxylic acids is 1. The lowest BCUT2D eigenvalue weighted by molar-refractivity contribution is -0.116. The molecule has 0 bridgehead atoms. The number of nitrogens with zero attached hydrogens (tertiary/aromatic N) is 2. The number of amides is 1. The van der Waals surface area contributed by atoms with Gasteiger partial charge in [0.2, 0.25) is 5.91 Å². The van der Waals surface area contributed by atoms with E-state index >= 15 is 0 Å². The van der Waals surface area contributed by atoms with Crippen molar-refractivity contribution in [1.82, 2.24) is 9.13 Å². The number of methoxy groups -OCH3 is 1. The van der Waals surface area contributed by atoms with Gasteiger partial charge < -0.3 is 10.1 Å². The van der Waals surface area contributed by atoms with Crippen LogP contribution in [0.3, 0.4) is 0 Å². The third-order valence-electron chi connectivity index (χ3n) is 4.80. The number of unbranched alkanes of at least 4 members (excludes halogenated alkanes) is 2. The summed E-state index contributed by atoms with van der Waals surface area (Å²) in [6.45, 7) is 2.19. The first kappa shape index (κ1) is 20.4. The van der Waals surface area contributed by atoms with E-state index in [-0.39, 0.29) is 18.0 Å². The van der Waals surface area contributed by atoms with Crippen molar-refractivity contribution in [3.05, 3.63) is 69.4 Å². The Morgan fingerprint density at radius 2 is 1.72 bits per heavy atom. The molecule has 3 rings (SSSR count). The van der Waals surface area contributed by atoms with Crippen molar-refractivity contribution in [2.24, 2.45) is 0 Å². The van der Waals surface area contributed by atoms with Gasteiger partial charge in [-0.05, 0) is 30.7 Å². The molecule has 1 aromatic heterocycles. The van der Waals surface area contributed by atoms with Gasteiger partial charge in [0.05, 0.1) is 23.7 Å². The van der Waals surface area contributed by atoms with Gasteiger partial charge in [-0.25, -0.2) is 4.79 Å². The van der Waals surface area contributed by atoms with Gasteiger partial charge in [-0.1, -0.05) is 44.0 Å². The summed E-state index contributed by atoms with van der Waals surface area (Å²) in [7, 11) is 1.52. The molecule has 1 N–H and O–H groups in total. The average Bonchev–Trinajstić information content (AvgIpc) is 2.74. The van der Waals surface area contributed by atoms with Gasteiger partial charge >= 0.3 is 5.69 Å². The monoisotopic (exact) mass is 395 g/mol. The second-order valence-electron chi connectivity index (χ2n) is 6.80. The minimum Gasteiger partial charge on any atom is -0.495 e. The van der Waals surface area contributed by atoms with Crippen LogP contribution in [0.1, 0.15) is 26.2 Å². The molecule has 0 saturated heterocycles. The van der Waals surface area contributed by atoms with Gasteiger partial charge in [-0.15, -0.1) is 0 Å². The summed E-state index contributed by atoms with van der Waals surface area (Å²) < 4.78 is 7.84. The van der Waals surface area contributed by atoms with E-state index in [1.807, 2.05) is 0 Å². The zero-order valence-electron chi connectivity index (χ0n) is 16.7. The first-order valence-corrected chi connectivity index (χ1v) is 9.72. The summed E-state index contributed by atoms with van der Waals surface area (Å²) in [4.78, 5) is 38.5. The molecule has 0 aliphatic rings. The number of benzene rings is 2. The maximum Gasteiger partial charge on any atom is 0.331 e. The molecule has 2 aromatic carbocycles. The van der Waals surface area contributed by atoms with Crippen LogP contribution in [0.15, 0.2) is 58.1 Å². The molecule has 7 heteroatoms. The van der Waals surface area contributed by atoms with Gasteiger partial charge in [0.15, 0.2) is 0 Å². The number of aromatic nitrogens is 2. The molecular formula is C22H25N3O4. The molecule has 1 amide bonds. The van der Waals surface area contributed by atoms with Gasteiger partial charge in [0.25, 0.3) is 5.56 Å². The van der Waals surface area contributed by atoms with Crippen molar-refractivity contribution in [2.45, 2.75) is 39.3 Å². The van der Waals surface area contributed by atoms with E-state index < -0.39 is 5.69 Å². The lowest BCUT2D eigenvalue weighted by atomic mass is 10.2. The quantitative estimate of drug-likeness (QED) is 0.595. The number of hydrogen-bond acceptors (Lipinski definition) is 4. The summed E-state index contributed by atoms with van der Waals surface area (Å²) in [6.07, 6.45) is 2.64. The highest BCUT2D eigenvalue weighted by Crippen LogP contribution is 2.23. The number of carbonyl (C=O) groups is 1. The van der Waals surface area contributed by atoms with Crippen molar-refractivity contribution in [3.8, 4) is 5.75 Å². The fourth-order valence-electron chi connectivity index (χ4n) is 3.32. The number of anilines is 1. The number of ether oxygens (including phenoxy) is 1. The van der Waals surface area contributed by atoms with Gasteiger partial charge in [0, 0.05) is 6.54 Å². The molecule has 3 aromatic rings. The van der Waals surface area contributed by atoms with E-state index in [2.05, 4.69) is 12.2 Å². The Morgan fingerprint density at radius 1 is 1.00 bits per heavy atom. The Balaban J connectivity index is 1.98. The SMILES string of the molecule is CCCCCn1c(=O)c2ccccc2n(CC(=O)Nc2ccccc2OC)c1=O. The van der Waals surface area contributed by atoms with Crippen LogP contribution in [0.25, 0.3) is 10.9 Å². The molecule has 0 aliphatic carbocycles. The predicted molar refractivity (Wildman–Crippen MR) is 114 cm³/mol. The number of fused-ring (bicyclic) bond motifs is 1. The van der Waals surface area contributed by atoms with Crippen molar-refractivity contribution < 1.29 is 9.53 Å². The molecular weight excluding hydrogens is 370 g/mol. The normalized spacial score (nSPS) is 10.8. The number of para-hydroxylation sites is 3. The molecule has 7 nitrogen and oxygen atoms in total. The Bertz CT molecular complexity index is 1130. The average molecular weight is 395 g/mol. The van der Waals surface area contributed by atoms with Crippen LogP contribution in [0.4, 0.5) is 5.69 Å². The first-order chi connectivity index (χ1) is 14.1. The van der Waals surface area contributed by atoms with Crippen LogP contribution >= 0.6 is 0 Å². The lowest BCUT2D eigenvalue weighted by Gasteiger charge is -2.15. The number of nitrogens with one attached hydrogen (secondary N) is 1. The zero-order valence-corrected chi connectivity index (χ0v) is 16.7. The molecule has 29 heavy (non-hydrogen) atoms. The van der Waals surface area contributed by atoms with Crippen molar-refractivity contribution in [2.75, 3.05) is 12.4 Å². The van der Waals surface area contributed by atoms with Gasteiger partial charge in [-0.2, -0.15) is 0 Å². The molecule has 152 valence electrons. The topological polar surface area (TPSA) is 82.3 Å². The van der Waals surface area contributed by atoms with E-state index in [9.17, 15) is 14.4 Å². The second-order valence-corrected chi connectivity index (χ2v) is 6.80. The Labute approximate surface area is 168 Å². The molecule has 0 saturated carbocycles. The van der Waals surface area contributed by atoms with E-state index in [1.54, 1.807) is 48.5 Å². The molecule has 1 heterocycles. The van der Waals surface area contributed by atoms with Crippen LogP contribution < -0.4 is 21.3 Å². The second kappa shape index (κ2) is 9.23. The van der Waals surface area contributed by atoms with Crippen LogP contribution in [0.5, 0.6) is 5.75 Å². The summed E-state index contributed by atoms with van der Waals surface area (Å²) in [6, 6.07) is 13.9. The Hall–Kier alpha value is -3.35. The van der Waals surface area contributed by atoms with Crippen molar-refractivity contribution >= 4 is 22.5 Å². The maximum absolute atomic E-state index is 13.0. The minimum absolute atomic E-state index is 0.203. The van der Waals surface area contributed by atoms with E-state index in [4.69, 9.17) is 4.74 Å². The molecule has 0 fully saturated rings. The molecule has 0 unspecified atom stereocenters. The van der Waals surface area contributed by atoms with Crippen LogP contribution in [0.2, 0.25) is 0 Å². The zero-order chi connectivity index (χ0) is 20.8. The van der Waals surface area contributed by atoms with E-state index in [0.29, 0.717) is 28.9 Å². The highest BCUT2D eigenvalue weighted by Gasteiger charge is 2.16. The predicted octanol–water partition coefficient (Wildman–Crippen LogP) is 3.00.